The maximum absolute atomic E-state index is 3.19. The van der Waals surface area contributed by atoms with Gasteiger partial charge < -0.3 is 10.2 Å². The van der Waals surface area contributed by atoms with Crippen molar-refractivity contribution < 1.29 is 0 Å². The lowest BCUT2D eigenvalue weighted by molar-refractivity contribution is 0.817. The number of hydrogen-bond donors (Lipinski definition) is 1. The minimum absolute atomic E-state index is 0.913. The molecule has 0 heterocycles. The molecule has 0 radical (unpaired) electrons. The van der Waals surface area contributed by atoms with E-state index in [1.165, 1.54) is 28.1 Å². The number of nitrogens with one attached hydrogen (secondary N) is 1. The first kappa shape index (κ1) is 14.6. The van der Waals surface area contributed by atoms with E-state index >= 15 is 0 Å². The normalized spacial score (nSPS) is 10.6. The molecule has 2 rings (SSSR count). The molecule has 0 spiro atoms. The molecular formula is C18H24N2. The molecule has 1 N–H and O–H groups in total. The fourth-order valence-corrected chi connectivity index (χ4v) is 2.50. The third-order valence-electron chi connectivity index (χ3n) is 3.74. The molecule has 20 heavy (non-hydrogen) atoms. The molecule has 0 aliphatic carbocycles. The van der Waals surface area contributed by atoms with Crippen molar-refractivity contribution in [1.29, 1.82) is 0 Å². The molecule has 0 unspecified atom stereocenters. The second-order valence-corrected chi connectivity index (χ2v) is 5.23. The van der Waals surface area contributed by atoms with E-state index < -0.39 is 0 Å². The number of rotatable bonds is 5. The predicted molar refractivity (Wildman–Crippen MR) is 87.8 cm³/mol. The van der Waals surface area contributed by atoms with Crippen LogP contribution in [0, 0.1) is 6.92 Å². The van der Waals surface area contributed by atoms with Crippen LogP contribution >= 0.6 is 0 Å². The Kier molecular flexibility index (Phi) is 4.80. The summed E-state index contributed by atoms with van der Waals surface area (Å²) in [6.45, 7) is 5.27. The van der Waals surface area contributed by atoms with Crippen molar-refractivity contribution in [1.82, 2.24) is 5.32 Å². The van der Waals surface area contributed by atoms with Crippen LogP contribution in [0.25, 0.3) is 0 Å². The summed E-state index contributed by atoms with van der Waals surface area (Å²) < 4.78 is 0. The minimum Gasteiger partial charge on any atom is -0.344 e. The summed E-state index contributed by atoms with van der Waals surface area (Å²) in [6, 6.07) is 15.4. The summed E-state index contributed by atoms with van der Waals surface area (Å²) in [4.78, 5) is 2.25. The summed E-state index contributed by atoms with van der Waals surface area (Å²) >= 11 is 0. The van der Waals surface area contributed by atoms with Crippen LogP contribution in [-0.4, -0.2) is 14.1 Å². The topological polar surface area (TPSA) is 15.3 Å². The molecule has 0 fully saturated rings. The Hall–Kier alpha value is -1.80. The summed E-state index contributed by atoms with van der Waals surface area (Å²) in [5.74, 6) is 0. The van der Waals surface area contributed by atoms with Gasteiger partial charge in [0, 0.05) is 25.0 Å². The van der Waals surface area contributed by atoms with Crippen LogP contribution in [0.3, 0.4) is 0 Å². The van der Waals surface area contributed by atoms with Crippen LogP contribution in [0.5, 0.6) is 0 Å². The molecule has 106 valence electrons. The van der Waals surface area contributed by atoms with E-state index in [2.05, 4.69) is 73.6 Å². The van der Waals surface area contributed by atoms with E-state index in [1.807, 2.05) is 7.05 Å². The Morgan fingerprint density at radius 2 is 1.65 bits per heavy atom. The maximum atomic E-state index is 3.19. The predicted octanol–water partition coefficient (Wildman–Crippen LogP) is 4.04. The third kappa shape index (κ3) is 3.20. The van der Waals surface area contributed by atoms with Crippen molar-refractivity contribution in [3.63, 3.8) is 0 Å². The summed E-state index contributed by atoms with van der Waals surface area (Å²) in [6.07, 6.45) is 1.09. The van der Waals surface area contributed by atoms with Gasteiger partial charge in [0.2, 0.25) is 0 Å². The molecule has 2 aromatic rings. The minimum atomic E-state index is 0.913. The molecule has 0 bridgehead atoms. The van der Waals surface area contributed by atoms with Gasteiger partial charge in [-0.1, -0.05) is 31.2 Å². The maximum Gasteiger partial charge on any atom is 0.0438 e. The lowest BCUT2D eigenvalue weighted by Crippen LogP contribution is -2.12. The number of nitrogens with zero attached hydrogens (tertiary/aromatic N) is 1. The largest absolute Gasteiger partial charge is 0.344 e. The van der Waals surface area contributed by atoms with E-state index in [4.69, 9.17) is 0 Å². The molecule has 2 nitrogen and oxygen atoms in total. The summed E-state index contributed by atoms with van der Waals surface area (Å²) in [7, 11) is 4.10. The highest BCUT2D eigenvalue weighted by Gasteiger charge is 2.07. The summed E-state index contributed by atoms with van der Waals surface area (Å²) in [5, 5.41) is 3.19. The quantitative estimate of drug-likeness (QED) is 0.880. The van der Waals surface area contributed by atoms with Crippen molar-refractivity contribution in [3.8, 4) is 0 Å². The van der Waals surface area contributed by atoms with Crippen LogP contribution in [0.15, 0.2) is 42.5 Å². The van der Waals surface area contributed by atoms with E-state index in [1.54, 1.807) is 0 Å². The van der Waals surface area contributed by atoms with Crippen LogP contribution in [-0.2, 0) is 13.0 Å². The van der Waals surface area contributed by atoms with Gasteiger partial charge in [-0.3, -0.25) is 0 Å². The molecule has 2 heteroatoms. The van der Waals surface area contributed by atoms with Gasteiger partial charge in [-0.05, 0) is 55.3 Å². The molecule has 2 aromatic carbocycles. The zero-order chi connectivity index (χ0) is 14.5. The van der Waals surface area contributed by atoms with Gasteiger partial charge in [0.15, 0.2) is 0 Å². The number of anilines is 2. The van der Waals surface area contributed by atoms with Crippen molar-refractivity contribution in [3.05, 3.63) is 59.2 Å². The van der Waals surface area contributed by atoms with Gasteiger partial charge in [-0.25, -0.2) is 0 Å². The molecule has 0 atom stereocenters. The highest BCUT2D eigenvalue weighted by molar-refractivity contribution is 5.66. The van der Waals surface area contributed by atoms with Gasteiger partial charge in [0.25, 0.3) is 0 Å². The van der Waals surface area contributed by atoms with E-state index in [0.29, 0.717) is 0 Å². The first-order valence-corrected chi connectivity index (χ1v) is 7.22. The van der Waals surface area contributed by atoms with Crippen molar-refractivity contribution >= 4 is 11.4 Å². The number of benzene rings is 2. The van der Waals surface area contributed by atoms with Gasteiger partial charge in [-0.2, -0.15) is 0 Å². The van der Waals surface area contributed by atoms with Crippen molar-refractivity contribution in [2.45, 2.75) is 26.8 Å². The van der Waals surface area contributed by atoms with Gasteiger partial charge in [0.1, 0.15) is 0 Å². The molecule has 0 aliphatic rings. The fraction of sp³-hybridized carbons (Fsp3) is 0.333. The molecule has 0 amide bonds. The van der Waals surface area contributed by atoms with Crippen LogP contribution in [0.1, 0.15) is 23.6 Å². The Morgan fingerprint density at radius 1 is 1.00 bits per heavy atom. The Bertz CT molecular complexity index is 558. The number of hydrogen-bond acceptors (Lipinski definition) is 2. The van der Waals surface area contributed by atoms with Crippen molar-refractivity contribution in [2.75, 3.05) is 19.0 Å². The monoisotopic (exact) mass is 268 g/mol. The molecule has 0 saturated carbocycles. The summed E-state index contributed by atoms with van der Waals surface area (Å²) in [5.41, 5.74) is 6.49. The van der Waals surface area contributed by atoms with Gasteiger partial charge in [0.05, 0.1) is 0 Å². The van der Waals surface area contributed by atoms with Crippen LogP contribution < -0.4 is 10.2 Å². The molecule has 0 aliphatic heterocycles. The van der Waals surface area contributed by atoms with Gasteiger partial charge >= 0.3 is 0 Å². The highest BCUT2D eigenvalue weighted by Crippen LogP contribution is 2.27. The SMILES string of the molecule is CCc1ccc(N(C)c2ccc(CNC)cc2C)cc1. The average molecular weight is 268 g/mol. The number of aryl methyl sites for hydroxylation is 2. The van der Waals surface area contributed by atoms with Crippen LogP contribution in [0.4, 0.5) is 11.4 Å². The van der Waals surface area contributed by atoms with E-state index in [0.717, 1.165) is 13.0 Å². The standard InChI is InChI=1S/C18H24N2/c1-5-15-6-9-17(10-7-15)20(4)18-11-8-16(13-19-3)12-14(18)2/h6-12,19H,5,13H2,1-4H3. The van der Waals surface area contributed by atoms with Crippen LogP contribution in [0.2, 0.25) is 0 Å². The zero-order valence-electron chi connectivity index (χ0n) is 12.9. The Labute approximate surface area is 122 Å². The highest BCUT2D eigenvalue weighted by atomic mass is 15.1. The zero-order valence-corrected chi connectivity index (χ0v) is 12.9. The van der Waals surface area contributed by atoms with Gasteiger partial charge in [-0.15, -0.1) is 0 Å². The Balaban J connectivity index is 2.25. The molecular weight excluding hydrogens is 244 g/mol. The molecule has 0 saturated heterocycles. The first-order valence-electron chi connectivity index (χ1n) is 7.22. The lowest BCUT2D eigenvalue weighted by Gasteiger charge is -2.22. The smallest absolute Gasteiger partial charge is 0.0438 e. The van der Waals surface area contributed by atoms with E-state index in [9.17, 15) is 0 Å². The van der Waals surface area contributed by atoms with Crippen molar-refractivity contribution in [2.24, 2.45) is 0 Å². The second kappa shape index (κ2) is 6.58. The Morgan fingerprint density at radius 3 is 2.20 bits per heavy atom. The molecule has 0 aromatic heterocycles. The first-order chi connectivity index (χ1) is 9.65. The fourth-order valence-electron chi connectivity index (χ4n) is 2.50. The lowest BCUT2D eigenvalue weighted by atomic mass is 10.1. The average Bonchev–Trinajstić information content (AvgIpc) is 2.47. The third-order valence-corrected chi connectivity index (χ3v) is 3.74. The second-order valence-electron chi connectivity index (χ2n) is 5.23. The van der Waals surface area contributed by atoms with E-state index in [-0.39, 0.29) is 0 Å².